The molecule has 1 aromatic carbocycles. The zero-order valence-electron chi connectivity index (χ0n) is 7.73. The largest absolute Gasteiger partial charge is 0.351 e. The molecule has 0 atom stereocenters. The molecule has 0 radical (unpaired) electrons. The lowest BCUT2D eigenvalue weighted by Gasteiger charge is -1.99. The van der Waals surface area contributed by atoms with Crippen molar-refractivity contribution in [1.29, 1.82) is 0 Å². The number of nitrogens with two attached hydrogens (primary N) is 1. The third kappa shape index (κ3) is 3.95. The van der Waals surface area contributed by atoms with Crippen LogP contribution >= 0.6 is 11.9 Å². The van der Waals surface area contributed by atoms with Gasteiger partial charge in [0.25, 0.3) is 0 Å². The van der Waals surface area contributed by atoms with Crippen molar-refractivity contribution in [2.75, 3.05) is 0 Å². The molecule has 1 rings (SSSR count). The summed E-state index contributed by atoms with van der Waals surface area (Å²) < 4.78 is 2.39. The molecule has 0 spiro atoms. The van der Waals surface area contributed by atoms with Crippen LogP contribution in [-0.2, 0) is 0 Å². The van der Waals surface area contributed by atoms with Gasteiger partial charge in [0.1, 0.15) is 0 Å². The van der Waals surface area contributed by atoms with Crippen LogP contribution in [0.25, 0.3) is 0 Å². The fourth-order valence-corrected chi connectivity index (χ4v) is 1.23. The highest BCUT2D eigenvalue weighted by Gasteiger charge is 1.95. The average Bonchev–Trinajstić information content (AvgIpc) is 2.16. The summed E-state index contributed by atoms with van der Waals surface area (Å²) in [7, 11) is 0. The van der Waals surface area contributed by atoms with Crippen LogP contribution in [0.3, 0.4) is 0 Å². The van der Waals surface area contributed by atoms with Crippen molar-refractivity contribution >= 4 is 28.7 Å². The molecule has 0 bridgehead atoms. The van der Waals surface area contributed by atoms with Crippen molar-refractivity contribution in [1.82, 2.24) is 4.72 Å². The molecule has 4 nitrogen and oxygen atoms in total. The molecular formula is C9H11N3OS. The molecule has 0 saturated heterocycles. The molecule has 0 heterocycles. The first-order valence-corrected chi connectivity index (χ1v) is 4.83. The Labute approximate surface area is 86.7 Å². The molecule has 3 N–H and O–H groups in total. The van der Waals surface area contributed by atoms with Gasteiger partial charge < -0.3 is 5.73 Å². The predicted octanol–water partition coefficient (Wildman–Crippen LogP) is 2.05. The summed E-state index contributed by atoms with van der Waals surface area (Å²) in [5, 5.41) is 0.731. The molecule has 0 aliphatic carbocycles. The summed E-state index contributed by atoms with van der Waals surface area (Å²) >= 11 is 1.10. The number of nitrogens with one attached hydrogen (secondary N) is 1. The molecule has 0 saturated carbocycles. The number of rotatable bonds is 1. The first kappa shape index (κ1) is 10.6. The maximum atomic E-state index is 10.4. The Bertz CT molecular complexity index is 337. The second kappa shape index (κ2) is 5.29. The lowest BCUT2D eigenvalue weighted by Crippen LogP contribution is -2.23. The molecule has 0 unspecified atom stereocenters. The third-order valence-electron chi connectivity index (χ3n) is 1.34. The van der Waals surface area contributed by atoms with Gasteiger partial charge in [0.2, 0.25) is 0 Å². The van der Waals surface area contributed by atoms with E-state index in [0.29, 0.717) is 0 Å². The predicted molar refractivity (Wildman–Crippen MR) is 59.5 cm³/mol. The van der Waals surface area contributed by atoms with Gasteiger partial charge in [-0.3, -0.25) is 4.72 Å². The summed E-state index contributed by atoms with van der Waals surface area (Å²) in [5.74, 6) is 0. The molecule has 1 aromatic rings. The van der Waals surface area contributed by atoms with Gasteiger partial charge in [-0.05, 0) is 19.1 Å². The number of nitrogens with zero attached hydrogens (tertiary/aromatic N) is 1. The summed E-state index contributed by atoms with van der Waals surface area (Å²) in [6.45, 7) is 1.80. The zero-order valence-corrected chi connectivity index (χ0v) is 8.54. The molecule has 2 amide bonds. The van der Waals surface area contributed by atoms with Crippen LogP contribution in [0.1, 0.15) is 6.92 Å². The Kier molecular flexibility index (Phi) is 4.00. The SMILES string of the molecule is CC(=Nc1ccccc1)SNC(N)=O. The van der Waals surface area contributed by atoms with E-state index in [0.717, 1.165) is 22.7 Å². The van der Waals surface area contributed by atoms with Gasteiger partial charge in [0, 0.05) is 11.9 Å². The fourth-order valence-electron chi connectivity index (χ4n) is 0.831. The quantitative estimate of drug-likeness (QED) is 0.422. The van der Waals surface area contributed by atoms with E-state index in [9.17, 15) is 4.79 Å². The lowest BCUT2D eigenvalue weighted by atomic mass is 10.3. The first-order valence-electron chi connectivity index (χ1n) is 4.01. The Morgan fingerprint density at radius 3 is 2.64 bits per heavy atom. The molecule has 0 fully saturated rings. The highest BCUT2D eigenvalue weighted by molar-refractivity contribution is 8.12. The molecule has 0 aromatic heterocycles. The average molecular weight is 209 g/mol. The molecule has 0 aliphatic heterocycles. The van der Waals surface area contributed by atoms with E-state index in [4.69, 9.17) is 5.73 Å². The monoisotopic (exact) mass is 209 g/mol. The Morgan fingerprint density at radius 1 is 1.43 bits per heavy atom. The number of hydrogen-bond donors (Lipinski definition) is 2. The van der Waals surface area contributed by atoms with E-state index in [2.05, 4.69) is 9.71 Å². The minimum absolute atomic E-state index is 0.572. The van der Waals surface area contributed by atoms with E-state index in [1.165, 1.54) is 0 Å². The van der Waals surface area contributed by atoms with Gasteiger partial charge in [-0.15, -0.1) is 0 Å². The fraction of sp³-hybridized carbons (Fsp3) is 0.111. The van der Waals surface area contributed by atoms with Crippen LogP contribution in [0.15, 0.2) is 35.3 Å². The van der Waals surface area contributed by atoms with Crippen LogP contribution in [0.4, 0.5) is 10.5 Å². The minimum Gasteiger partial charge on any atom is -0.351 e. The van der Waals surface area contributed by atoms with E-state index in [-0.39, 0.29) is 0 Å². The van der Waals surface area contributed by atoms with E-state index in [1.54, 1.807) is 6.92 Å². The highest BCUT2D eigenvalue weighted by atomic mass is 32.2. The number of aliphatic imine (C=N–C) groups is 1. The number of para-hydroxylation sites is 1. The van der Waals surface area contributed by atoms with Crippen LogP contribution in [0, 0.1) is 0 Å². The van der Waals surface area contributed by atoms with Crippen molar-refractivity contribution in [2.45, 2.75) is 6.92 Å². The number of carbonyl (C=O) groups excluding carboxylic acids is 1. The third-order valence-corrected chi connectivity index (χ3v) is 2.03. The lowest BCUT2D eigenvalue weighted by molar-refractivity contribution is 0.254. The van der Waals surface area contributed by atoms with Crippen molar-refractivity contribution in [3.63, 3.8) is 0 Å². The van der Waals surface area contributed by atoms with Gasteiger partial charge in [-0.25, -0.2) is 9.79 Å². The molecule has 74 valence electrons. The Hall–Kier alpha value is -1.49. The summed E-state index contributed by atoms with van der Waals surface area (Å²) in [6, 6.07) is 8.92. The van der Waals surface area contributed by atoms with Crippen LogP contribution in [0.5, 0.6) is 0 Å². The van der Waals surface area contributed by atoms with Gasteiger partial charge in [-0.2, -0.15) is 0 Å². The summed E-state index contributed by atoms with van der Waals surface area (Å²) in [4.78, 5) is 14.6. The van der Waals surface area contributed by atoms with Crippen molar-refractivity contribution < 1.29 is 4.79 Å². The Balaban J connectivity index is 2.56. The highest BCUT2D eigenvalue weighted by Crippen LogP contribution is 2.12. The van der Waals surface area contributed by atoms with Gasteiger partial charge in [0.05, 0.1) is 10.7 Å². The maximum Gasteiger partial charge on any atom is 0.322 e. The smallest absolute Gasteiger partial charge is 0.322 e. The summed E-state index contributed by atoms with van der Waals surface area (Å²) in [6.07, 6.45) is 0. The van der Waals surface area contributed by atoms with Crippen LogP contribution < -0.4 is 10.5 Å². The number of hydrogen-bond acceptors (Lipinski definition) is 3. The van der Waals surface area contributed by atoms with Gasteiger partial charge >= 0.3 is 6.03 Å². The number of urea groups is 1. The van der Waals surface area contributed by atoms with Gasteiger partial charge in [-0.1, -0.05) is 18.2 Å². The molecule has 0 aliphatic rings. The standard InChI is InChI=1S/C9H11N3OS/c1-7(14-12-9(10)13)11-8-5-3-2-4-6-8/h2-6H,1H3,(H3,10,12,13). The van der Waals surface area contributed by atoms with E-state index < -0.39 is 6.03 Å². The number of amides is 2. The van der Waals surface area contributed by atoms with Crippen LogP contribution in [-0.4, -0.2) is 11.1 Å². The topological polar surface area (TPSA) is 67.5 Å². The van der Waals surface area contributed by atoms with E-state index >= 15 is 0 Å². The molecule has 5 heteroatoms. The first-order chi connectivity index (χ1) is 6.68. The normalized spacial score (nSPS) is 11.1. The molecular weight excluding hydrogens is 198 g/mol. The number of carbonyl (C=O) groups is 1. The van der Waals surface area contributed by atoms with Crippen LogP contribution in [0.2, 0.25) is 0 Å². The molecule has 14 heavy (non-hydrogen) atoms. The number of benzene rings is 1. The second-order valence-electron chi connectivity index (χ2n) is 2.53. The maximum absolute atomic E-state index is 10.4. The van der Waals surface area contributed by atoms with Gasteiger partial charge in [0.15, 0.2) is 0 Å². The number of primary amides is 1. The van der Waals surface area contributed by atoms with Crippen molar-refractivity contribution in [2.24, 2.45) is 10.7 Å². The minimum atomic E-state index is -0.572. The van der Waals surface area contributed by atoms with E-state index in [1.807, 2.05) is 30.3 Å². The second-order valence-corrected chi connectivity index (χ2v) is 3.53. The summed E-state index contributed by atoms with van der Waals surface area (Å²) in [5.41, 5.74) is 5.76. The van der Waals surface area contributed by atoms with Crippen molar-refractivity contribution in [3.05, 3.63) is 30.3 Å². The zero-order chi connectivity index (χ0) is 10.4. The Morgan fingerprint density at radius 2 is 2.07 bits per heavy atom. The van der Waals surface area contributed by atoms with Crippen molar-refractivity contribution in [3.8, 4) is 0 Å².